The number of carbonyl (C=O) groups is 2. The Morgan fingerprint density at radius 1 is 1.41 bits per heavy atom. The molecule has 1 saturated heterocycles. The topological polar surface area (TPSA) is 66.6 Å². The van der Waals surface area contributed by atoms with Crippen LogP contribution in [0.4, 0.5) is 4.39 Å². The number of halogens is 1. The lowest BCUT2D eigenvalue weighted by molar-refractivity contribution is -0.135. The molecule has 1 heterocycles. The standard InChI is InChI=1S/C16H22FN3O2/c1-19(9-12-5-2-3-7-14(12)17)11-15(21)20-8-4-6-13(10-20)16(18)22/h2-3,5,7,13H,4,6,8-11H2,1H3,(H2,18,22). The molecule has 2 amide bonds. The van der Waals surface area contributed by atoms with Gasteiger partial charge in [-0.15, -0.1) is 0 Å². The Kier molecular flexibility index (Phi) is 5.49. The Balaban J connectivity index is 1.88. The SMILES string of the molecule is CN(CC(=O)N1CCCC(C(N)=O)C1)Cc1ccccc1F. The quantitative estimate of drug-likeness (QED) is 0.882. The number of nitrogens with two attached hydrogens (primary N) is 1. The molecule has 1 aliphatic rings. The minimum atomic E-state index is -0.350. The number of carbonyl (C=O) groups excluding carboxylic acids is 2. The third kappa shape index (κ3) is 4.27. The number of benzene rings is 1. The predicted molar refractivity (Wildman–Crippen MR) is 81.2 cm³/mol. The molecule has 1 aromatic carbocycles. The van der Waals surface area contributed by atoms with Gasteiger partial charge in [-0.25, -0.2) is 4.39 Å². The number of likely N-dealkylation sites (N-methyl/N-ethyl adjacent to an activating group) is 1. The van der Waals surface area contributed by atoms with Crippen LogP contribution in [0, 0.1) is 11.7 Å². The van der Waals surface area contributed by atoms with Gasteiger partial charge in [-0.1, -0.05) is 18.2 Å². The van der Waals surface area contributed by atoms with Crippen molar-refractivity contribution in [1.82, 2.24) is 9.80 Å². The summed E-state index contributed by atoms with van der Waals surface area (Å²) >= 11 is 0. The van der Waals surface area contributed by atoms with E-state index in [1.807, 2.05) is 0 Å². The van der Waals surface area contributed by atoms with Gasteiger partial charge >= 0.3 is 0 Å². The molecule has 0 aromatic heterocycles. The summed E-state index contributed by atoms with van der Waals surface area (Å²) in [4.78, 5) is 27.0. The summed E-state index contributed by atoms with van der Waals surface area (Å²) in [5, 5.41) is 0. The van der Waals surface area contributed by atoms with Crippen LogP contribution in [-0.2, 0) is 16.1 Å². The van der Waals surface area contributed by atoms with Crippen LogP contribution in [0.15, 0.2) is 24.3 Å². The van der Waals surface area contributed by atoms with Crippen molar-refractivity contribution in [2.75, 3.05) is 26.7 Å². The van der Waals surface area contributed by atoms with Crippen molar-refractivity contribution in [2.45, 2.75) is 19.4 Å². The zero-order valence-corrected chi connectivity index (χ0v) is 12.8. The van der Waals surface area contributed by atoms with Gasteiger partial charge in [-0.2, -0.15) is 0 Å². The molecule has 22 heavy (non-hydrogen) atoms. The molecule has 0 spiro atoms. The van der Waals surface area contributed by atoms with Crippen molar-refractivity contribution in [3.8, 4) is 0 Å². The van der Waals surface area contributed by atoms with E-state index in [1.54, 1.807) is 35.0 Å². The average Bonchev–Trinajstić information content (AvgIpc) is 2.49. The molecule has 1 fully saturated rings. The fourth-order valence-corrected chi connectivity index (χ4v) is 2.74. The molecule has 1 aliphatic heterocycles. The molecule has 5 nitrogen and oxygen atoms in total. The molecule has 0 aliphatic carbocycles. The molecule has 1 aromatic rings. The molecular formula is C16H22FN3O2. The maximum atomic E-state index is 13.6. The maximum absolute atomic E-state index is 13.6. The largest absolute Gasteiger partial charge is 0.369 e. The van der Waals surface area contributed by atoms with Gasteiger partial charge in [0.25, 0.3) is 0 Å². The van der Waals surface area contributed by atoms with Crippen molar-refractivity contribution < 1.29 is 14.0 Å². The van der Waals surface area contributed by atoms with Gasteiger partial charge < -0.3 is 10.6 Å². The smallest absolute Gasteiger partial charge is 0.236 e. The summed E-state index contributed by atoms with van der Waals surface area (Å²) in [5.74, 6) is -0.926. The Labute approximate surface area is 129 Å². The molecule has 0 saturated carbocycles. The average molecular weight is 307 g/mol. The number of amides is 2. The van der Waals surface area contributed by atoms with Crippen molar-refractivity contribution >= 4 is 11.8 Å². The Morgan fingerprint density at radius 3 is 2.82 bits per heavy atom. The molecule has 2 N–H and O–H groups in total. The monoisotopic (exact) mass is 307 g/mol. The van der Waals surface area contributed by atoms with E-state index < -0.39 is 0 Å². The van der Waals surface area contributed by atoms with Crippen LogP contribution in [0.2, 0.25) is 0 Å². The van der Waals surface area contributed by atoms with E-state index in [9.17, 15) is 14.0 Å². The molecule has 0 bridgehead atoms. The van der Waals surface area contributed by atoms with Crippen molar-refractivity contribution in [2.24, 2.45) is 11.7 Å². The van der Waals surface area contributed by atoms with Crippen LogP contribution < -0.4 is 5.73 Å². The van der Waals surface area contributed by atoms with Gasteiger partial charge in [-0.3, -0.25) is 14.5 Å². The highest BCUT2D eigenvalue weighted by Gasteiger charge is 2.27. The van der Waals surface area contributed by atoms with Crippen LogP contribution in [0.5, 0.6) is 0 Å². The number of nitrogens with zero attached hydrogens (tertiary/aromatic N) is 2. The lowest BCUT2D eigenvalue weighted by Gasteiger charge is -2.32. The van der Waals surface area contributed by atoms with E-state index in [0.717, 1.165) is 12.8 Å². The zero-order chi connectivity index (χ0) is 16.1. The van der Waals surface area contributed by atoms with Gasteiger partial charge in [0.15, 0.2) is 0 Å². The molecule has 1 atom stereocenters. The first kappa shape index (κ1) is 16.4. The third-order valence-electron chi connectivity index (χ3n) is 3.98. The molecule has 2 rings (SSSR count). The predicted octanol–water partition coefficient (Wildman–Crippen LogP) is 0.981. The van der Waals surface area contributed by atoms with E-state index >= 15 is 0 Å². The van der Waals surface area contributed by atoms with Crippen molar-refractivity contribution in [1.29, 1.82) is 0 Å². The zero-order valence-electron chi connectivity index (χ0n) is 12.8. The van der Waals surface area contributed by atoms with Gasteiger partial charge in [0, 0.05) is 25.2 Å². The summed E-state index contributed by atoms with van der Waals surface area (Å²) in [6.45, 7) is 1.60. The molecule has 0 radical (unpaired) electrons. The first-order valence-electron chi connectivity index (χ1n) is 7.46. The summed E-state index contributed by atoms with van der Waals surface area (Å²) in [6, 6.07) is 6.53. The number of rotatable bonds is 5. The molecule has 1 unspecified atom stereocenters. The lowest BCUT2D eigenvalue weighted by Crippen LogP contribution is -2.47. The summed E-state index contributed by atoms with van der Waals surface area (Å²) < 4.78 is 13.6. The van der Waals surface area contributed by atoms with Crippen LogP contribution in [0.1, 0.15) is 18.4 Å². The van der Waals surface area contributed by atoms with Crippen LogP contribution in [0.25, 0.3) is 0 Å². The molecule has 120 valence electrons. The van der Waals surface area contributed by atoms with E-state index in [-0.39, 0.29) is 30.1 Å². The second-order valence-corrected chi connectivity index (χ2v) is 5.84. The first-order chi connectivity index (χ1) is 10.5. The summed E-state index contributed by atoms with van der Waals surface area (Å²) in [5.41, 5.74) is 5.88. The second kappa shape index (κ2) is 7.35. The Bertz CT molecular complexity index is 550. The summed E-state index contributed by atoms with van der Waals surface area (Å²) in [6.07, 6.45) is 1.53. The molecular weight excluding hydrogens is 285 g/mol. The van der Waals surface area contributed by atoms with Gasteiger partial charge in [-0.05, 0) is 26.0 Å². The van der Waals surface area contributed by atoms with E-state index in [4.69, 9.17) is 5.73 Å². The number of primary amides is 1. The fraction of sp³-hybridized carbons (Fsp3) is 0.500. The third-order valence-corrected chi connectivity index (χ3v) is 3.98. The first-order valence-corrected chi connectivity index (χ1v) is 7.46. The van der Waals surface area contributed by atoms with Crippen molar-refractivity contribution in [3.63, 3.8) is 0 Å². The normalized spacial score (nSPS) is 18.5. The maximum Gasteiger partial charge on any atom is 0.236 e. The van der Waals surface area contributed by atoms with Crippen molar-refractivity contribution in [3.05, 3.63) is 35.6 Å². The second-order valence-electron chi connectivity index (χ2n) is 5.84. The highest BCUT2D eigenvalue weighted by molar-refractivity contribution is 5.81. The van der Waals surface area contributed by atoms with E-state index in [1.165, 1.54) is 6.07 Å². The Morgan fingerprint density at radius 2 is 2.14 bits per heavy atom. The molecule has 6 heteroatoms. The van der Waals surface area contributed by atoms with Crippen LogP contribution in [0.3, 0.4) is 0 Å². The number of likely N-dealkylation sites (tertiary alicyclic amines) is 1. The van der Waals surface area contributed by atoms with Gasteiger partial charge in [0.05, 0.1) is 12.5 Å². The number of hydrogen-bond donors (Lipinski definition) is 1. The highest BCUT2D eigenvalue weighted by atomic mass is 19.1. The highest BCUT2D eigenvalue weighted by Crippen LogP contribution is 2.16. The van der Waals surface area contributed by atoms with E-state index in [2.05, 4.69) is 0 Å². The van der Waals surface area contributed by atoms with Gasteiger partial charge in [0.1, 0.15) is 5.82 Å². The minimum Gasteiger partial charge on any atom is -0.369 e. The van der Waals surface area contributed by atoms with Crippen LogP contribution in [-0.4, -0.2) is 48.3 Å². The number of hydrogen-bond acceptors (Lipinski definition) is 3. The number of piperidine rings is 1. The lowest BCUT2D eigenvalue weighted by atomic mass is 9.97. The summed E-state index contributed by atoms with van der Waals surface area (Å²) in [7, 11) is 1.78. The van der Waals surface area contributed by atoms with E-state index in [0.29, 0.717) is 25.2 Å². The van der Waals surface area contributed by atoms with Gasteiger partial charge in [0.2, 0.25) is 11.8 Å². The minimum absolute atomic E-state index is 0.0511. The Hall–Kier alpha value is -1.95. The fourth-order valence-electron chi connectivity index (χ4n) is 2.74. The van der Waals surface area contributed by atoms with Crippen LogP contribution >= 0.6 is 0 Å².